The number of ether oxygens (including phenoxy) is 1. The zero-order valence-corrected chi connectivity index (χ0v) is 13.4. The van der Waals surface area contributed by atoms with Gasteiger partial charge in [0.25, 0.3) is 0 Å². The van der Waals surface area contributed by atoms with Crippen LogP contribution in [0.3, 0.4) is 0 Å². The van der Waals surface area contributed by atoms with Crippen molar-refractivity contribution in [1.82, 2.24) is 4.98 Å². The molecule has 0 unspecified atom stereocenters. The number of fused-ring (bicyclic) bond motifs is 1. The van der Waals surface area contributed by atoms with Gasteiger partial charge in [-0.15, -0.1) is 11.3 Å². The van der Waals surface area contributed by atoms with Crippen molar-refractivity contribution >= 4 is 28.5 Å². The Labute approximate surface area is 134 Å². The maximum Gasteiger partial charge on any atom is 0.205 e. The Kier molecular flexibility index (Phi) is 4.58. The number of benzene rings is 1. The predicted octanol–water partition coefficient (Wildman–Crippen LogP) is 3.45. The standard InChI is InChI=1S/C16H20N4OS/c1-2-21-14-8-7-11(12-5-3-4-6-13(12)14)9-18-20-16-19-15(17)10-22-16/h7-10H,2-6,17H2,1H3,(H,19,20). The number of rotatable bonds is 5. The predicted molar refractivity (Wildman–Crippen MR) is 92.0 cm³/mol. The van der Waals surface area contributed by atoms with Crippen molar-refractivity contribution in [2.75, 3.05) is 17.8 Å². The van der Waals surface area contributed by atoms with Gasteiger partial charge >= 0.3 is 0 Å². The zero-order chi connectivity index (χ0) is 15.4. The zero-order valence-electron chi connectivity index (χ0n) is 12.6. The molecule has 0 atom stereocenters. The Hall–Kier alpha value is -2.08. The summed E-state index contributed by atoms with van der Waals surface area (Å²) in [7, 11) is 0. The van der Waals surface area contributed by atoms with Gasteiger partial charge in [0.05, 0.1) is 12.8 Å². The number of nitrogens with zero attached hydrogens (tertiary/aromatic N) is 2. The highest BCUT2D eigenvalue weighted by Crippen LogP contribution is 2.31. The molecule has 0 spiro atoms. The average molecular weight is 316 g/mol. The molecule has 3 N–H and O–H groups in total. The third-order valence-corrected chi connectivity index (χ3v) is 4.48. The second kappa shape index (κ2) is 6.79. The summed E-state index contributed by atoms with van der Waals surface area (Å²) < 4.78 is 5.75. The number of hydrogen-bond acceptors (Lipinski definition) is 6. The molecule has 5 nitrogen and oxygen atoms in total. The third-order valence-electron chi connectivity index (χ3n) is 3.71. The highest BCUT2D eigenvalue weighted by molar-refractivity contribution is 7.14. The summed E-state index contributed by atoms with van der Waals surface area (Å²) >= 11 is 1.44. The molecule has 0 amide bonds. The lowest BCUT2D eigenvalue weighted by molar-refractivity contribution is 0.334. The second-order valence-electron chi connectivity index (χ2n) is 5.20. The minimum absolute atomic E-state index is 0.515. The van der Waals surface area contributed by atoms with Gasteiger partial charge in [0.1, 0.15) is 11.6 Å². The van der Waals surface area contributed by atoms with Gasteiger partial charge in [-0.25, -0.2) is 4.98 Å². The first-order valence-electron chi connectivity index (χ1n) is 7.55. The van der Waals surface area contributed by atoms with Gasteiger partial charge < -0.3 is 10.5 Å². The molecule has 1 aromatic heterocycles. The van der Waals surface area contributed by atoms with Crippen molar-refractivity contribution in [1.29, 1.82) is 0 Å². The van der Waals surface area contributed by atoms with Gasteiger partial charge in [-0.3, -0.25) is 5.43 Å². The molecule has 0 saturated carbocycles. The van der Waals surface area contributed by atoms with E-state index in [9.17, 15) is 0 Å². The summed E-state index contributed by atoms with van der Waals surface area (Å²) in [6.45, 7) is 2.72. The molecular formula is C16H20N4OS. The summed E-state index contributed by atoms with van der Waals surface area (Å²) in [5.41, 5.74) is 12.4. The van der Waals surface area contributed by atoms with Crippen LogP contribution < -0.4 is 15.9 Å². The molecule has 1 aliphatic carbocycles. The summed E-state index contributed by atoms with van der Waals surface area (Å²) in [6, 6.07) is 4.13. The quantitative estimate of drug-likeness (QED) is 0.654. The number of hydrazone groups is 1. The minimum Gasteiger partial charge on any atom is -0.494 e. The Morgan fingerprint density at radius 2 is 2.18 bits per heavy atom. The molecule has 0 aliphatic heterocycles. The number of hydrogen-bond donors (Lipinski definition) is 2. The van der Waals surface area contributed by atoms with Crippen LogP contribution in [-0.4, -0.2) is 17.8 Å². The molecule has 1 heterocycles. The van der Waals surface area contributed by atoms with Crippen molar-refractivity contribution in [3.8, 4) is 5.75 Å². The number of anilines is 2. The normalized spacial score (nSPS) is 14.0. The van der Waals surface area contributed by atoms with E-state index in [1.165, 1.54) is 35.3 Å². The van der Waals surface area contributed by atoms with Gasteiger partial charge in [-0.1, -0.05) is 0 Å². The summed E-state index contributed by atoms with van der Waals surface area (Å²) in [5.74, 6) is 1.54. The van der Waals surface area contributed by atoms with Crippen molar-refractivity contribution in [3.63, 3.8) is 0 Å². The van der Waals surface area contributed by atoms with Crippen LogP contribution in [-0.2, 0) is 12.8 Å². The molecule has 0 bridgehead atoms. The Morgan fingerprint density at radius 3 is 2.91 bits per heavy atom. The van der Waals surface area contributed by atoms with Crippen LogP contribution in [0.1, 0.15) is 36.5 Å². The highest BCUT2D eigenvalue weighted by atomic mass is 32.1. The molecule has 3 rings (SSSR count). The van der Waals surface area contributed by atoms with Crippen molar-refractivity contribution in [2.24, 2.45) is 5.10 Å². The molecule has 22 heavy (non-hydrogen) atoms. The monoisotopic (exact) mass is 316 g/mol. The smallest absolute Gasteiger partial charge is 0.205 e. The lowest BCUT2D eigenvalue weighted by atomic mass is 9.88. The van der Waals surface area contributed by atoms with Crippen LogP contribution in [0.2, 0.25) is 0 Å². The van der Waals surface area contributed by atoms with Crippen molar-refractivity contribution < 1.29 is 4.74 Å². The van der Waals surface area contributed by atoms with E-state index >= 15 is 0 Å². The SMILES string of the molecule is CCOc1ccc(C=NNc2nc(N)cs2)c2c1CCCC2. The van der Waals surface area contributed by atoms with Crippen molar-refractivity contribution in [2.45, 2.75) is 32.6 Å². The van der Waals surface area contributed by atoms with Crippen LogP contribution >= 0.6 is 11.3 Å². The molecule has 1 aromatic carbocycles. The van der Waals surface area contributed by atoms with Gasteiger partial charge in [0.2, 0.25) is 5.13 Å². The van der Waals surface area contributed by atoms with E-state index < -0.39 is 0 Å². The Bertz CT molecular complexity index is 681. The van der Waals surface area contributed by atoms with Crippen LogP contribution in [0.5, 0.6) is 5.75 Å². The Balaban J connectivity index is 1.81. The van der Waals surface area contributed by atoms with E-state index in [-0.39, 0.29) is 0 Å². The lowest BCUT2D eigenvalue weighted by Gasteiger charge is -2.21. The molecule has 116 valence electrons. The van der Waals surface area contributed by atoms with Crippen molar-refractivity contribution in [3.05, 3.63) is 34.2 Å². The topological polar surface area (TPSA) is 72.5 Å². The maximum atomic E-state index is 5.75. The fourth-order valence-corrected chi connectivity index (χ4v) is 3.32. The molecule has 0 radical (unpaired) electrons. The fraction of sp³-hybridized carbons (Fsp3) is 0.375. The number of aromatic nitrogens is 1. The van der Waals surface area contributed by atoms with E-state index in [1.807, 2.05) is 13.1 Å². The molecule has 0 saturated heterocycles. The summed E-state index contributed by atoms with van der Waals surface area (Å²) in [5, 5.41) is 6.78. The fourth-order valence-electron chi connectivity index (χ4n) is 2.77. The van der Waals surface area contributed by atoms with Gasteiger partial charge in [0.15, 0.2) is 0 Å². The van der Waals surface area contributed by atoms with E-state index in [2.05, 4.69) is 27.6 Å². The van der Waals surface area contributed by atoms with Crippen LogP contribution in [0, 0.1) is 0 Å². The number of thiazole rings is 1. The Morgan fingerprint density at radius 1 is 1.36 bits per heavy atom. The number of nitrogens with two attached hydrogens (primary N) is 1. The average Bonchev–Trinajstić information content (AvgIpc) is 2.95. The van der Waals surface area contributed by atoms with Gasteiger partial charge in [-0.2, -0.15) is 5.10 Å². The summed E-state index contributed by atoms with van der Waals surface area (Å²) in [4.78, 5) is 4.12. The van der Waals surface area contributed by atoms with E-state index in [0.717, 1.165) is 24.2 Å². The largest absolute Gasteiger partial charge is 0.494 e. The number of nitrogens with one attached hydrogen (secondary N) is 1. The molecule has 6 heteroatoms. The van der Waals surface area contributed by atoms with Crippen LogP contribution in [0.15, 0.2) is 22.6 Å². The summed E-state index contributed by atoms with van der Waals surface area (Å²) in [6.07, 6.45) is 6.48. The third kappa shape index (κ3) is 3.22. The first-order chi connectivity index (χ1) is 10.8. The molecular weight excluding hydrogens is 296 g/mol. The van der Waals surface area contributed by atoms with Crippen LogP contribution in [0.4, 0.5) is 10.9 Å². The highest BCUT2D eigenvalue weighted by Gasteiger charge is 2.17. The lowest BCUT2D eigenvalue weighted by Crippen LogP contribution is -2.09. The van der Waals surface area contributed by atoms with Crippen LogP contribution in [0.25, 0.3) is 0 Å². The minimum atomic E-state index is 0.515. The van der Waals surface area contributed by atoms with E-state index in [1.54, 1.807) is 5.38 Å². The maximum absolute atomic E-state index is 5.75. The second-order valence-corrected chi connectivity index (χ2v) is 6.06. The van der Waals surface area contributed by atoms with Gasteiger partial charge in [0, 0.05) is 5.38 Å². The molecule has 0 fully saturated rings. The molecule has 1 aliphatic rings. The first-order valence-corrected chi connectivity index (χ1v) is 8.43. The number of nitrogen functional groups attached to an aromatic ring is 1. The van der Waals surface area contributed by atoms with Gasteiger partial charge in [-0.05, 0) is 61.4 Å². The molecule has 2 aromatic rings. The first kappa shape index (κ1) is 14.8. The van der Waals surface area contributed by atoms with E-state index in [0.29, 0.717) is 17.6 Å². The van der Waals surface area contributed by atoms with E-state index in [4.69, 9.17) is 10.5 Å².